The van der Waals surface area contributed by atoms with Crippen molar-refractivity contribution in [1.29, 1.82) is 0 Å². The van der Waals surface area contributed by atoms with Crippen LogP contribution in [0, 0.1) is 0 Å². The Hall–Kier alpha value is -1.86. The zero-order chi connectivity index (χ0) is 14.1. The molecule has 1 aromatic carbocycles. The molecule has 0 atom stereocenters. The van der Waals surface area contributed by atoms with Gasteiger partial charge in [-0.05, 0) is 23.9 Å². The summed E-state index contributed by atoms with van der Waals surface area (Å²) >= 11 is 0. The Kier molecular flexibility index (Phi) is 3.46. The topological polar surface area (TPSA) is 80.3 Å². The monoisotopic (exact) mass is 273 g/mol. The van der Waals surface area contributed by atoms with Crippen LogP contribution in [0.15, 0.2) is 29.1 Å². The minimum Gasteiger partial charge on any atom is -0.423 e. The van der Waals surface area contributed by atoms with Gasteiger partial charge >= 0.3 is 12.8 Å². The molecule has 0 saturated heterocycles. The first-order valence-electron chi connectivity index (χ1n) is 6.76. The predicted octanol–water partition coefficient (Wildman–Crippen LogP) is -0.891. The van der Waals surface area contributed by atoms with Gasteiger partial charge in [0.05, 0.1) is 6.54 Å². The summed E-state index contributed by atoms with van der Waals surface area (Å²) in [5, 5.41) is 22.7. The molecule has 0 fully saturated rings. The van der Waals surface area contributed by atoms with E-state index in [0.717, 1.165) is 37.2 Å². The van der Waals surface area contributed by atoms with Crippen molar-refractivity contribution in [2.24, 2.45) is 0 Å². The molecule has 0 bridgehead atoms. The standard InChI is InChI=1S/C13H16BN3O3/c18-13-16-7-2-1-6-12(16)15-17(13)9-10-4-3-5-11(8-10)14(19)20/h3-5,8,19-20H,1-2,6-7,9H2. The van der Waals surface area contributed by atoms with Gasteiger partial charge in [0.1, 0.15) is 5.82 Å². The number of hydrogen-bond donors (Lipinski definition) is 2. The second-order valence-electron chi connectivity index (χ2n) is 5.08. The van der Waals surface area contributed by atoms with Gasteiger partial charge in [0, 0.05) is 13.0 Å². The van der Waals surface area contributed by atoms with Crippen molar-refractivity contribution in [2.75, 3.05) is 0 Å². The molecule has 1 aromatic heterocycles. The largest absolute Gasteiger partial charge is 0.488 e. The Morgan fingerprint density at radius 2 is 2.15 bits per heavy atom. The van der Waals surface area contributed by atoms with Crippen LogP contribution in [0.4, 0.5) is 0 Å². The van der Waals surface area contributed by atoms with Crippen molar-refractivity contribution < 1.29 is 10.0 Å². The van der Waals surface area contributed by atoms with Gasteiger partial charge in [0.15, 0.2) is 0 Å². The van der Waals surface area contributed by atoms with Gasteiger partial charge in [-0.25, -0.2) is 9.48 Å². The molecule has 3 rings (SSSR count). The molecule has 20 heavy (non-hydrogen) atoms. The summed E-state index contributed by atoms with van der Waals surface area (Å²) in [6, 6.07) is 6.90. The molecule has 0 spiro atoms. The lowest BCUT2D eigenvalue weighted by Crippen LogP contribution is -2.31. The van der Waals surface area contributed by atoms with E-state index in [1.807, 2.05) is 6.07 Å². The van der Waals surface area contributed by atoms with Crippen molar-refractivity contribution in [3.63, 3.8) is 0 Å². The fourth-order valence-electron chi connectivity index (χ4n) is 2.58. The highest BCUT2D eigenvalue weighted by molar-refractivity contribution is 6.58. The molecular weight excluding hydrogens is 257 g/mol. The zero-order valence-corrected chi connectivity index (χ0v) is 11.1. The summed E-state index contributed by atoms with van der Waals surface area (Å²) in [6.45, 7) is 1.09. The normalized spacial score (nSPS) is 14.1. The van der Waals surface area contributed by atoms with Crippen molar-refractivity contribution in [1.82, 2.24) is 14.3 Å². The lowest BCUT2D eigenvalue weighted by Gasteiger charge is -2.09. The summed E-state index contributed by atoms with van der Waals surface area (Å²) < 4.78 is 3.18. The number of nitrogens with zero attached hydrogens (tertiary/aromatic N) is 3. The number of aromatic nitrogens is 3. The Balaban J connectivity index is 1.90. The maximum Gasteiger partial charge on any atom is 0.488 e. The molecule has 2 heterocycles. The number of hydrogen-bond acceptors (Lipinski definition) is 4. The van der Waals surface area contributed by atoms with E-state index in [2.05, 4.69) is 5.10 Å². The van der Waals surface area contributed by atoms with Crippen LogP contribution in [0.1, 0.15) is 24.2 Å². The maximum atomic E-state index is 12.2. The van der Waals surface area contributed by atoms with Gasteiger partial charge in [-0.2, -0.15) is 5.10 Å². The van der Waals surface area contributed by atoms with Crippen LogP contribution < -0.4 is 11.2 Å². The zero-order valence-electron chi connectivity index (χ0n) is 11.1. The van der Waals surface area contributed by atoms with E-state index in [1.165, 1.54) is 4.68 Å². The first-order valence-corrected chi connectivity index (χ1v) is 6.76. The third-order valence-electron chi connectivity index (χ3n) is 3.61. The van der Waals surface area contributed by atoms with Crippen molar-refractivity contribution >= 4 is 12.6 Å². The third-order valence-corrected chi connectivity index (χ3v) is 3.61. The Bertz CT molecular complexity index is 678. The van der Waals surface area contributed by atoms with Gasteiger partial charge in [-0.15, -0.1) is 0 Å². The number of aryl methyl sites for hydroxylation is 1. The van der Waals surface area contributed by atoms with Gasteiger partial charge in [-0.3, -0.25) is 4.57 Å². The molecule has 6 nitrogen and oxygen atoms in total. The number of benzene rings is 1. The molecule has 1 aliphatic heterocycles. The molecule has 1 aliphatic rings. The number of rotatable bonds is 3. The van der Waals surface area contributed by atoms with Crippen molar-refractivity contribution in [3.8, 4) is 0 Å². The van der Waals surface area contributed by atoms with Crippen LogP contribution in [-0.4, -0.2) is 31.5 Å². The minimum absolute atomic E-state index is 0.0883. The Labute approximate surface area is 116 Å². The number of fused-ring (bicyclic) bond motifs is 1. The first kappa shape index (κ1) is 13.1. The Morgan fingerprint density at radius 3 is 2.90 bits per heavy atom. The average Bonchev–Trinajstić information content (AvgIpc) is 2.76. The fourth-order valence-corrected chi connectivity index (χ4v) is 2.58. The van der Waals surface area contributed by atoms with Crippen molar-refractivity contribution in [2.45, 2.75) is 32.4 Å². The lowest BCUT2D eigenvalue weighted by molar-refractivity contribution is 0.425. The molecule has 2 aromatic rings. The summed E-state index contributed by atoms with van der Waals surface area (Å²) in [6.07, 6.45) is 2.94. The highest BCUT2D eigenvalue weighted by atomic mass is 16.4. The van der Waals surface area contributed by atoms with Crippen LogP contribution in [0.25, 0.3) is 0 Å². The van der Waals surface area contributed by atoms with Gasteiger partial charge in [0.2, 0.25) is 0 Å². The van der Waals surface area contributed by atoms with Gasteiger partial charge in [0.25, 0.3) is 0 Å². The van der Waals surface area contributed by atoms with E-state index in [4.69, 9.17) is 10.0 Å². The van der Waals surface area contributed by atoms with E-state index < -0.39 is 7.12 Å². The van der Waals surface area contributed by atoms with Gasteiger partial charge in [-0.1, -0.05) is 24.3 Å². The summed E-state index contributed by atoms with van der Waals surface area (Å²) in [4.78, 5) is 12.2. The van der Waals surface area contributed by atoms with E-state index in [1.54, 1.807) is 22.8 Å². The van der Waals surface area contributed by atoms with E-state index in [9.17, 15) is 4.79 Å². The van der Waals surface area contributed by atoms with Gasteiger partial charge < -0.3 is 10.0 Å². The minimum atomic E-state index is -1.50. The molecule has 104 valence electrons. The fraction of sp³-hybridized carbons (Fsp3) is 0.385. The second-order valence-corrected chi connectivity index (χ2v) is 5.08. The first-order chi connectivity index (χ1) is 9.65. The van der Waals surface area contributed by atoms with Crippen LogP contribution >= 0.6 is 0 Å². The highest BCUT2D eigenvalue weighted by Crippen LogP contribution is 2.10. The molecule has 0 saturated carbocycles. The molecule has 2 N–H and O–H groups in total. The lowest BCUT2D eigenvalue weighted by atomic mass is 9.80. The molecule has 0 unspecified atom stereocenters. The third kappa shape index (κ3) is 2.42. The summed E-state index contributed by atoms with van der Waals surface area (Å²) in [5.74, 6) is 0.847. The summed E-state index contributed by atoms with van der Waals surface area (Å²) in [7, 11) is -1.50. The molecule has 0 radical (unpaired) electrons. The van der Waals surface area contributed by atoms with E-state index >= 15 is 0 Å². The predicted molar refractivity (Wildman–Crippen MR) is 74.8 cm³/mol. The van der Waals surface area contributed by atoms with E-state index in [-0.39, 0.29) is 5.69 Å². The Morgan fingerprint density at radius 1 is 1.30 bits per heavy atom. The molecular formula is C13H16BN3O3. The van der Waals surface area contributed by atoms with Crippen LogP contribution in [-0.2, 0) is 19.5 Å². The quantitative estimate of drug-likeness (QED) is 0.711. The second kappa shape index (κ2) is 5.26. The van der Waals surface area contributed by atoms with Crippen molar-refractivity contribution in [3.05, 3.63) is 46.1 Å². The van der Waals surface area contributed by atoms with E-state index in [0.29, 0.717) is 12.0 Å². The molecule has 7 heteroatoms. The molecule has 0 amide bonds. The smallest absolute Gasteiger partial charge is 0.423 e. The average molecular weight is 273 g/mol. The highest BCUT2D eigenvalue weighted by Gasteiger charge is 2.17. The van der Waals surface area contributed by atoms with Crippen LogP contribution in [0.3, 0.4) is 0 Å². The van der Waals surface area contributed by atoms with Crippen LogP contribution in [0.5, 0.6) is 0 Å². The van der Waals surface area contributed by atoms with Crippen LogP contribution in [0.2, 0.25) is 0 Å². The maximum absolute atomic E-state index is 12.2. The SMILES string of the molecule is O=c1n(Cc2cccc(B(O)O)c2)nc2n1CCCC2. The summed E-state index contributed by atoms with van der Waals surface area (Å²) in [5.41, 5.74) is 1.15. The molecule has 0 aliphatic carbocycles.